The van der Waals surface area contributed by atoms with Crippen LogP contribution in [0.15, 0.2) is 106 Å². The van der Waals surface area contributed by atoms with Gasteiger partial charge in [0, 0.05) is 36.6 Å². The summed E-state index contributed by atoms with van der Waals surface area (Å²) in [5.74, 6) is 4.39. The molecule has 10 aromatic rings. The van der Waals surface area contributed by atoms with Gasteiger partial charge in [-0.25, -0.2) is 48.4 Å². The molecule has 10 rings (SSSR count). The maximum atomic E-state index is 4.32. The first-order chi connectivity index (χ1) is 28.9. The van der Waals surface area contributed by atoms with E-state index in [4.69, 9.17) is 0 Å². The van der Waals surface area contributed by atoms with E-state index < -0.39 is 0 Å². The molecule has 0 amide bonds. The molecule has 0 unspecified atom stereocenters. The molecule has 60 heavy (non-hydrogen) atoms. The predicted molar refractivity (Wildman–Crippen MR) is 232 cm³/mol. The summed E-state index contributed by atoms with van der Waals surface area (Å²) in [5.41, 5.74) is 9.33. The molecule has 0 radical (unpaired) electrons. The Balaban J connectivity index is 0.000000126. The molecule has 0 fully saturated rings. The maximum absolute atomic E-state index is 4.32. The second-order valence-electron chi connectivity index (χ2n) is 15.6. The highest BCUT2D eigenvalue weighted by molar-refractivity contribution is 5.78. The Bertz CT molecular complexity index is 2590. The smallest absolute Gasteiger partial charge is 0.173 e. The van der Waals surface area contributed by atoms with E-state index in [1.54, 1.807) is 52.7 Å². The molecule has 0 saturated carbocycles. The molecular formula is C43H53N17. The Kier molecular flexibility index (Phi) is 13.9. The van der Waals surface area contributed by atoms with Gasteiger partial charge in [-0.15, -0.1) is 0 Å². The molecule has 0 atom stereocenters. The van der Waals surface area contributed by atoms with Gasteiger partial charge in [-0.05, 0) is 34.9 Å². The zero-order valence-corrected chi connectivity index (χ0v) is 35.9. The van der Waals surface area contributed by atoms with Crippen molar-refractivity contribution in [3.63, 3.8) is 0 Å². The van der Waals surface area contributed by atoms with E-state index in [-0.39, 0.29) is 0 Å². The van der Waals surface area contributed by atoms with Crippen molar-refractivity contribution in [3.8, 4) is 0 Å². The lowest BCUT2D eigenvalue weighted by Crippen LogP contribution is -2.00. The summed E-state index contributed by atoms with van der Waals surface area (Å²) in [5, 5.41) is 12.2. The largest absolute Gasteiger partial charge is 0.358 e. The van der Waals surface area contributed by atoms with E-state index in [1.807, 2.05) is 47.8 Å². The molecule has 0 aliphatic carbocycles. The SMILES string of the molecule is CC(C)c1c[nH]c2cncnc12.CC(C)c1ccc2ncnn2c1.CC(C)c1cn2ncnc2cn1.CC(C)c1ncc2cnccn12.CC(C)c1ncc2cncnn12. The summed E-state index contributed by atoms with van der Waals surface area (Å²) in [6.07, 6.45) is 26.6. The number of hydrogen-bond donors (Lipinski definition) is 1. The molecule has 1 N–H and O–H groups in total. The Labute approximate surface area is 348 Å². The molecular weight excluding hydrogens is 755 g/mol. The first kappa shape index (κ1) is 42.6. The third-order valence-corrected chi connectivity index (χ3v) is 9.36. The van der Waals surface area contributed by atoms with E-state index in [0.29, 0.717) is 29.6 Å². The van der Waals surface area contributed by atoms with Crippen molar-refractivity contribution in [2.75, 3.05) is 0 Å². The molecule has 310 valence electrons. The van der Waals surface area contributed by atoms with Crippen LogP contribution in [0.25, 0.3) is 33.4 Å². The van der Waals surface area contributed by atoms with E-state index in [1.165, 1.54) is 23.8 Å². The molecule has 17 nitrogen and oxygen atoms in total. The summed E-state index contributed by atoms with van der Waals surface area (Å²) in [7, 11) is 0. The molecule has 0 saturated heterocycles. The molecule has 10 aromatic heterocycles. The van der Waals surface area contributed by atoms with Crippen molar-refractivity contribution in [2.45, 2.75) is 98.8 Å². The van der Waals surface area contributed by atoms with Crippen molar-refractivity contribution in [3.05, 3.63) is 134 Å². The predicted octanol–water partition coefficient (Wildman–Crippen LogP) is 8.28. The number of nitrogens with one attached hydrogen (secondary N) is 1. The van der Waals surface area contributed by atoms with Crippen molar-refractivity contribution < 1.29 is 0 Å². The van der Waals surface area contributed by atoms with Crippen LogP contribution in [0.5, 0.6) is 0 Å². The molecule has 0 aliphatic heterocycles. The number of fused-ring (bicyclic) bond motifs is 5. The average Bonchev–Trinajstić information content (AvgIpc) is 4.10. The molecule has 17 heteroatoms. The summed E-state index contributed by atoms with van der Waals surface area (Å²) in [6.45, 7) is 21.3. The van der Waals surface area contributed by atoms with Crippen LogP contribution in [0.1, 0.15) is 127 Å². The van der Waals surface area contributed by atoms with Gasteiger partial charge in [0.05, 0.1) is 65.6 Å². The highest BCUT2D eigenvalue weighted by Crippen LogP contribution is 2.22. The Morgan fingerprint density at radius 3 is 1.92 bits per heavy atom. The highest BCUT2D eigenvalue weighted by atomic mass is 15.3. The van der Waals surface area contributed by atoms with Crippen LogP contribution in [0.4, 0.5) is 0 Å². The van der Waals surface area contributed by atoms with Crippen LogP contribution < -0.4 is 0 Å². The average molecular weight is 808 g/mol. The lowest BCUT2D eigenvalue weighted by Gasteiger charge is -2.03. The molecule has 0 spiro atoms. The van der Waals surface area contributed by atoms with Crippen LogP contribution >= 0.6 is 0 Å². The minimum Gasteiger partial charge on any atom is -0.358 e. The second kappa shape index (κ2) is 19.6. The van der Waals surface area contributed by atoms with E-state index >= 15 is 0 Å². The number of nitrogens with zero attached hydrogens (tertiary/aromatic N) is 16. The highest BCUT2D eigenvalue weighted by Gasteiger charge is 2.09. The summed E-state index contributed by atoms with van der Waals surface area (Å²) < 4.78 is 7.42. The topological polar surface area (TPSA) is 188 Å². The van der Waals surface area contributed by atoms with Crippen molar-refractivity contribution in [2.24, 2.45) is 0 Å². The monoisotopic (exact) mass is 807 g/mol. The quantitative estimate of drug-likeness (QED) is 0.176. The Morgan fingerprint density at radius 2 is 1.20 bits per heavy atom. The normalized spacial score (nSPS) is 11.2. The summed E-state index contributed by atoms with van der Waals surface area (Å²) >= 11 is 0. The fraction of sp³-hybridized carbons (Fsp3) is 0.349. The van der Waals surface area contributed by atoms with Gasteiger partial charge in [-0.3, -0.25) is 9.97 Å². The van der Waals surface area contributed by atoms with Gasteiger partial charge in [0.25, 0.3) is 0 Å². The van der Waals surface area contributed by atoms with Crippen molar-refractivity contribution >= 4 is 33.4 Å². The lowest BCUT2D eigenvalue weighted by molar-refractivity contribution is 0.720. The van der Waals surface area contributed by atoms with Gasteiger partial charge in [0.2, 0.25) is 0 Å². The third-order valence-electron chi connectivity index (χ3n) is 9.36. The Morgan fingerprint density at radius 1 is 0.517 bits per heavy atom. The van der Waals surface area contributed by atoms with Crippen LogP contribution in [0, 0.1) is 0 Å². The number of rotatable bonds is 5. The molecule has 10 heterocycles. The van der Waals surface area contributed by atoms with Gasteiger partial charge >= 0.3 is 0 Å². The first-order valence-electron chi connectivity index (χ1n) is 20.0. The van der Waals surface area contributed by atoms with Crippen LogP contribution in [0.3, 0.4) is 0 Å². The zero-order chi connectivity index (χ0) is 42.8. The summed E-state index contributed by atoms with van der Waals surface area (Å²) in [6, 6.07) is 4.08. The summed E-state index contributed by atoms with van der Waals surface area (Å²) in [4.78, 5) is 40.2. The van der Waals surface area contributed by atoms with Crippen LogP contribution in [-0.4, -0.2) is 83.1 Å². The van der Waals surface area contributed by atoms with E-state index in [0.717, 1.165) is 50.7 Å². The van der Waals surface area contributed by atoms with Crippen LogP contribution in [0.2, 0.25) is 0 Å². The lowest BCUT2D eigenvalue weighted by atomic mass is 10.1. The fourth-order valence-electron chi connectivity index (χ4n) is 6.01. The van der Waals surface area contributed by atoms with Gasteiger partial charge in [-0.2, -0.15) is 15.3 Å². The van der Waals surface area contributed by atoms with Crippen LogP contribution in [-0.2, 0) is 0 Å². The number of imidazole rings is 2. The van der Waals surface area contributed by atoms with Crippen molar-refractivity contribution in [1.82, 2.24) is 83.1 Å². The zero-order valence-electron chi connectivity index (χ0n) is 35.9. The van der Waals surface area contributed by atoms with Gasteiger partial charge in [0.15, 0.2) is 11.3 Å². The number of pyridine rings is 1. The minimum atomic E-state index is 0.391. The van der Waals surface area contributed by atoms with Gasteiger partial charge < -0.3 is 9.38 Å². The Hall–Kier alpha value is -7.04. The molecule has 0 bridgehead atoms. The number of aromatic amines is 1. The standard InChI is InChI=1S/3C9H11N3.2C8H10N4/c1-6(2)7-3-11-8-4-10-5-12-9(7)8;1-7(2)9-11-6-8-5-10-3-4-12(8)9;1-7(2)8-3-4-9-10-6-11-12(9)5-8;1-6(2)7-4-12-8(3-9-7)10-5-11-12;1-6(2)8-10-4-7-3-9-5-11-12(7)8/h3-6,11H,1-2H3;2*3-7H,1-2H3;2*3-6H,1-2H3. The number of aromatic nitrogens is 17. The fourth-order valence-corrected chi connectivity index (χ4v) is 6.01. The first-order valence-corrected chi connectivity index (χ1v) is 20.0. The molecule has 0 aliphatic rings. The maximum Gasteiger partial charge on any atom is 0.173 e. The minimum absolute atomic E-state index is 0.391. The van der Waals surface area contributed by atoms with Crippen molar-refractivity contribution in [1.29, 1.82) is 0 Å². The van der Waals surface area contributed by atoms with E-state index in [9.17, 15) is 0 Å². The number of H-pyrrole nitrogens is 1. The van der Waals surface area contributed by atoms with E-state index in [2.05, 4.69) is 145 Å². The van der Waals surface area contributed by atoms with Gasteiger partial charge in [-0.1, -0.05) is 75.3 Å². The third kappa shape index (κ3) is 10.3. The second-order valence-corrected chi connectivity index (χ2v) is 15.6. The van der Waals surface area contributed by atoms with Gasteiger partial charge in [0.1, 0.15) is 42.5 Å². The molecule has 0 aromatic carbocycles. The number of hydrogen-bond acceptors (Lipinski definition) is 12.